The van der Waals surface area contributed by atoms with E-state index in [1.54, 1.807) is 13.2 Å². The summed E-state index contributed by atoms with van der Waals surface area (Å²) < 4.78 is 5.22. The summed E-state index contributed by atoms with van der Waals surface area (Å²) in [5.41, 5.74) is 2.60. The summed E-state index contributed by atoms with van der Waals surface area (Å²) in [6.45, 7) is 3.88. The van der Waals surface area contributed by atoms with Crippen molar-refractivity contribution >= 4 is 5.91 Å². The van der Waals surface area contributed by atoms with Crippen LogP contribution in [0, 0.1) is 67.4 Å². The summed E-state index contributed by atoms with van der Waals surface area (Å²) in [5, 5.41) is 12.9. The first-order chi connectivity index (χ1) is 12.5. The molecule has 0 bridgehead atoms. The quantitative estimate of drug-likeness (QED) is 0.523. The van der Waals surface area contributed by atoms with Crippen molar-refractivity contribution in [2.75, 3.05) is 7.11 Å². The second-order valence-corrected chi connectivity index (χ2v) is 6.85. The SMILES string of the molecule is CCC1=CC2CC=C(C(C)(C#N)Cc3cc(OC)c[c-]n3)C=C2NC1=O.[CH3-].[U+2]. The summed E-state index contributed by atoms with van der Waals surface area (Å²) in [6.07, 6.45) is 10.8. The molecule has 0 radical (unpaired) electrons. The molecule has 1 aliphatic carbocycles. The number of carbonyl (C=O) groups excluding carboxylic acids is 1. The van der Waals surface area contributed by atoms with Crippen molar-refractivity contribution in [2.45, 2.75) is 33.1 Å². The smallest absolute Gasteiger partial charge is 0.554 e. The average Bonchev–Trinajstić information content (AvgIpc) is 2.67. The Labute approximate surface area is 191 Å². The predicted molar refractivity (Wildman–Crippen MR) is 104 cm³/mol. The molecule has 2 aliphatic rings. The molecule has 0 spiro atoms. The van der Waals surface area contributed by atoms with Crippen molar-refractivity contribution < 1.29 is 40.6 Å². The number of allylic oxidation sites excluding steroid dienone is 4. The third-order valence-electron chi connectivity index (χ3n) is 5.01. The fraction of sp³-hybridized carbons (Fsp3) is 0.364. The van der Waals surface area contributed by atoms with Crippen LogP contribution in [0.5, 0.6) is 5.75 Å². The van der Waals surface area contributed by atoms with E-state index in [0.29, 0.717) is 12.2 Å². The summed E-state index contributed by atoms with van der Waals surface area (Å²) in [4.78, 5) is 16.4. The van der Waals surface area contributed by atoms with Gasteiger partial charge in [0.05, 0.1) is 18.6 Å². The van der Waals surface area contributed by atoms with Gasteiger partial charge in [0.15, 0.2) is 0 Å². The second-order valence-electron chi connectivity index (χ2n) is 6.85. The number of nitrogens with one attached hydrogen (secondary N) is 1. The van der Waals surface area contributed by atoms with E-state index in [0.717, 1.165) is 35.4 Å². The molecule has 1 aromatic rings. The molecule has 1 amide bonds. The van der Waals surface area contributed by atoms with E-state index in [1.807, 2.05) is 32.1 Å². The summed E-state index contributed by atoms with van der Waals surface area (Å²) in [7, 11) is 1.59. The van der Waals surface area contributed by atoms with Crippen LogP contribution in [0.3, 0.4) is 0 Å². The van der Waals surface area contributed by atoms with Gasteiger partial charge in [0.25, 0.3) is 5.91 Å². The van der Waals surface area contributed by atoms with Crippen LogP contribution in [0.15, 0.2) is 47.2 Å². The van der Waals surface area contributed by atoms with Gasteiger partial charge in [0.2, 0.25) is 0 Å². The monoisotopic (exact) mass is 601 g/mol. The number of aromatic nitrogens is 1. The van der Waals surface area contributed by atoms with Crippen LogP contribution in [-0.4, -0.2) is 18.0 Å². The molecule has 0 aromatic carbocycles. The number of amides is 1. The largest absolute Gasteiger partial charge is 2.00 e. The number of fused-ring (bicyclic) bond motifs is 1. The Morgan fingerprint density at radius 2 is 2.25 bits per heavy atom. The molecular weight excluding hydrogens is 576 g/mol. The Morgan fingerprint density at radius 1 is 1.50 bits per heavy atom. The zero-order valence-corrected chi connectivity index (χ0v) is 21.0. The van der Waals surface area contributed by atoms with Gasteiger partial charge in [-0.05, 0) is 37.8 Å². The maximum absolute atomic E-state index is 12.1. The van der Waals surface area contributed by atoms with Crippen molar-refractivity contribution in [2.24, 2.45) is 11.3 Å². The van der Waals surface area contributed by atoms with E-state index in [9.17, 15) is 10.1 Å². The molecule has 28 heavy (non-hydrogen) atoms. The van der Waals surface area contributed by atoms with Crippen molar-refractivity contribution in [1.82, 2.24) is 10.3 Å². The third kappa shape index (κ3) is 4.96. The average molecular weight is 601 g/mol. The van der Waals surface area contributed by atoms with E-state index < -0.39 is 5.41 Å². The van der Waals surface area contributed by atoms with Crippen LogP contribution < -0.4 is 10.1 Å². The van der Waals surface area contributed by atoms with Crippen molar-refractivity contribution in [3.05, 3.63) is 66.5 Å². The van der Waals surface area contributed by atoms with E-state index in [-0.39, 0.29) is 50.4 Å². The van der Waals surface area contributed by atoms with Crippen LogP contribution in [0.25, 0.3) is 0 Å². The Hall–Kier alpha value is -1.82. The number of ether oxygens (including phenoxy) is 1. The Balaban J connectivity index is 0.00000196. The number of hydrogen-bond donors (Lipinski definition) is 1. The maximum atomic E-state index is 12.1. The number of hydrogen-bond acceptors (Lipinski definition) is 4. The maximum Gasteiger partial charge on any atom is 2.00 e. The number of pyridine rings is 1. The topological polar surface area (TPSA) is 75.0 Å². The molecule has 2 atom stereocenters. The normalized spacial score (nSPS) is 19.7. The van der Waals surface area contributed by atoms with Gasteiger partial charge >= 0.3 is 31.1 Å². The van der Waals surface area contributed by atoms with Gasteiger partial charge in [-0.1, -0.05) is 31.0 Å². The van der Waals surface area contributed by atoms with Crippen LogP contribution in [0.4, 0.5) is 0 Å². The van der Waals surface area contributed by atoms with Gasteiger partial charge < -0.3 is 22.5 Å². The molecule has 1 aliphatic heterocycles. The third-order valence-corrected chi connectivity index (χ3v) is 5.01. The minimum absolute atomic E-state index is 0. The molecule has 0 saturated heterocycles. The van der Waals surface area contributed by atoms with Crippen LogP contribution in [-0.2, 0) is 11.2 Å². The van der Waals surface area contributed by atoms with Gasteiger partial charge in [0, 0.05) is 22.9 Å². The molecule has 0 saturated carbocycles. The summed E-state index contributed by atoms with van der Waals surface area (Å²) in [5.74, 6) is 0.805. The molecule has 0 fully saturated rings. The molecule has 2 unspecified atom stereocenters. The van der Waals surface area contributed by atoms with Gasteiger partial charge in [-0.25, -0.2) is 0 Å². The first kappa shape index (κ1) is 24.2. The number of rotatable bonds is 5. The second kappa shape index (κ2) is 10.1. The predicted octanol–water partition coefficient (Wildman–Crippen LogP) is 3.71. The van der Waals surface area contributed by atoms with Crippen LogP contribution in [0.2, 0.25) is 0 Å². The minimum Gasteiger partial charge on any atom is -0.554 e. The molecule has 3 rings (SSSR count). The van der Waals surface area contributed by atoms with Gasteiger partial charge in [0.1, 0.15) is 0 Å². The minimum atomic E-state index is -0.745. The van der Waals surface area contributed by atoms with E-state index >= 15 is 0 Å². The van der Waals surface area contributed by atoms with Gasteiger partial charge in [-0.2, -0.15) is 5.26 Å². The molecule has 2 heterocycles. The van der Waals surface area contributed by atoms with E-state index in [1.165, 1.54) is 0 Å². The van der Waals surface area contributed by atoms with Crippen LogP contribution in [0.1, 0.15) is 32.4 Å². The van der Waals surface area contributed by atoms with E-state index in [4.69, 9.17) is 4.74 Å². The number of nitriles is 1. The fourth-order valence-corrected chi connectivity index (χ4v) is 3.39. The van der Waals surface area contributed by atoms with E-state index in [2.05, 4.69) is 28.6 Å². The molecular formula is C22H25N3O2U. The van der Waals surface area contributed by atoms with Gasteiger partial charge in [-0.15, -0.1) is 12.1 Å². The zero-order chi connectivity index (χ0) is 18.7. The molecule has 1 aromatic heterocycles. The van der Waals surface area contributed by atoms with Crippen molar-refractivity contribution in [3.63, 3.8) is 0 Å². The number of methoxy groups -OCH3 is 1. The molecule has 144 valence electrons. The fourth-order valence-electron chi connectivity index (χ4n) is 3.39. The summed E-state index contributed by atoms with van der Waals surface area (Å²) >= 11 is 0. The van der Waals surface area contributed by atoms with Crippen molar-refractivity contribution in [3.8, 4) is 11.8 Å². The first-order valence-corrected chi connectivity index (χ1v) is 8.75. The summed E-state index contributed by atoms with van der Waals surface area (Å²) in [6, 6.07) is 5.91. The van der Waals surface area contributed by atoms with Crippen LogP contribution >= 0.6 is 0 Å². The molecule has 6 heteroatoms. The zero-order valence-electron chi connectivity index (χ0n) is 16.8. The molecule has 5 nitrogen and oxygen atoms in total. The Bertz CT molecular complexity index is 867. The number of nitrogens with zero attached hydrogens (tertiary/aromatic N) is 2. The van der Waals surface area contributed by atoms with Crippen molar-refractivity contribution in [1.29, 1.82) is 5.26 Å². The Kier molecular flexibility index (Phi) is 8.74. The van der Waals surface area contributed by atoms with Gasteiger partial charge in [-0.3, -0.25) is 4.79 Å². The first-order valence-electron chi connectivity index (χ1n) is 8.75. The Morgan fingerprint density at radius 3 is 2.89 bits per heavy atom. The molecule has 1 N–H and O–H groups in total. The standard InChI is InChI=1S/C21H22N3O2.CH3.U/c1-4-14-9-15-5-6-16(10-19(15)24-20(14)25)21(2,13-22)12-17-11-18(26-3)7-8-23-17;;/h6-7,9-11,15H,4-5,12H2,1-3H3,(H,24,25);1H3;/q2*-1;+2. The number of carbonyl (C=O) groups is 1.